The fraction of sp³-hybridized carbons (Fsp3) is 1.00. The van der Waals surface area contributed by atoms with E-state index in [0.717, 1.165) is 6.54 Å². The third kappa shape index (κ3) is 6.59. The molecule has 1 unspecified atom stereocenters. The quantitative estimate of drug-likeness (QED) is 0.762. The average Bonchev–Trinajstić information content (AvgIpc) is 2.14. The summed E-state index contributed by atoms with van der Waals surface area (Å²) in [5.74, 6) is 0. The van der Waals surface area contributed by atoms with Crippen LogP contribution in [0, 0.1) is 5.41 Å². The number of rotatable bonds is 7. The molecule has 0 amide bonds. The van der Waals surface area contributed by atoms with Crippen molar-refractivity contribution < 1.29 is 13.2 Å². The topological polar surface area (TPSA) is 15.3 Å². The minimum Gasteiger partial charge on any atom is -0.314 e. The Bertz CT molecular complexity index is 237. The third-order valence-electron chi connectivity index (χ3n) is 3.41. The molecule has 0 aliphatic heterocycles. The summed E-state index contributed by atoms with van der Waals surface area (Å²) < 4.78 is 37.6. The number of halogens is 3. The van der Waals surface area contributed by atoms with Gasteiger partial charge in [0, 0.05) is 18.6 Å². The summed E-state index contributed by atoms with van der Waals surface area (Å²) in [5.41, 5.74) is -0.203. The Kier molecular flexibility index (Phi) is 6.65. The molecule has 0 fully saturated rings. The molecule has 110 valence electrons. The maximum atomic E-state index is 12.5. The Morgan fingerprint density at radius 1 is 1.06 bits per heavy atom. The highest BCUT2D eigenvalue weighted by atomic mass is 19.4. The van der Waals surface area contributed by atoms with E-state index in [9.17, 15) is 13.2 Å². The van der Waals surface area contributed by atoms with E-state index in [4.69, 9.17) is 0 Å². The van der Waals surface area contributed by atoms with Crippen molar-refractivity contribution in [3.8, 4) is 0 Å². The first-order chi connectivity index (χ1) is 7.99. The van der Waals surface area contributed by atoms with Crippen molar-refractivity contribution in [1.29, 1.82) is 0 Å². The molecule has 1 N–H and O–H groups in total. The Balaban J connectivity index is 4.66. The van der Waals surface area contributed by atoms with Crippen molar-refractivity contribution in [2.75, 3.05) is 19.6 Å². The van der Waals surface area contributed by atoms with Crippen LogP contribution in [0.3, 0.4) is 0 Å². The first kappa shape index (κ1) is 17.7. The van der Waals surface area contributed by atoms with Gasteiger partial charge in [-0.15, -0.1) is 0 Å². The molecule has 0 aliphatic carbocycles. The van der Waals surface area contributed by atoms with Crippen LogP contribution in [0.5, 0.6) is 0 Å². The molecule has 0 spiro atoms. The number of nitrogens with one attached hydrogen (secondary N) is 1. The molecule has 0 aliphatic rings. The fourth-order valence-electron chi connectivity index (χ4n) is 1.89. The van der Waals surface area contributed by atoms with Crippen LogP contribution >= 0.6 is 0 Å². The Labute approximate surface area is 109 Å². The molecule has 0 aromatic heterocycles. The Hall–Kier alpha value is -0.290. The highest BCUT2D eigenvalue weighted by molar-refractivity contribution is 4.85. The zero-order valence-electron chi connectivity index (χ0n) is 12.4. The summed E-state index contributed by atoms with van der Waals surface area (Å²) in [6.07, 6.45) is -4.14. The number of hydrogen-bond donors (Lipinski definition) is 1. The number of nitrogens with zero attached hydrogens (tertiary/aromatic N) is 1. The van der Waals surface area contributed by atoms with E-state index >= 15 is 0 Å². The van der Waals surface area contributed by atoms with Crippen LogP contribution in [-0.4, -0.2) is 42.8 Å². The lowest BCUT2D eigenvalue weighted by atomic mass is 9.84. The third-order valence-corrected chi connectivity index (χ3v) is 3.41. The van der Waals surface area contributed by atoms with Gasteiger partial charge < -0.3 is 5.32 Å². The summed E-state index contributed by atoms with van der Waals surface area (Å²) in [6, 6.07) is 0.0664. The van der Waals surface area contributed by atoms with Gasteiger partial charge in [0.2, 0.25) is 0 Å². The van der Waals surface area contributed by atoms with Gasteiger partial charge in [-0.25, -0.2) is 0 Å². The van der Waals surface area contributed by atoms with Crippen LogP contribution in [0.15, 0.2) is 0 Å². The maximum absolute atomic E-state index is 12.5. The molecule has 5 heteroatoms. The minimum atomic E-state index is -4.14. The fourth-order valence-corrected chi connectivity index (χ4v) is 1.89. The van der Waals surface area contributed by atoms with Crippen LogP contribution in [0.2, 0.25) is 0 Å². The standard InChI is InChI=1S/C13H27F3N2/c1-7-17-11(4)12(5,6)8-18(10(2)3)9-13(14,15)16/h10-11,17H,7-9H2,1-6H3. The van der Waals surface area contributed by atoms with Crippen LogP contribution in [0.25, 0.3) is 0 Å². The van der Waals surface area contributed by atoms with Gasteiger partial charge in [0.1, 0.15) is 0 Å². The summed E-state index contributed by atoms with van der Waals surface area (Å²) >= 11 is 0. The van der Waals surface area contributed by atoms with Gasteiger partial charge in [-0.1, -0.05) is 20.8 Å². The van der Waals surface area contributed by atoms with E-state index in [2.05, 4.69) is 5.32 Å². The Morgan fingerprint density at radius 3 is 1.89 bits per heavy atom. The molecule has 1 atom stereocenters. The normalized spacial score (nSPS) is 15.5. The van der Waals surface area contributed by atoms with Gasteiger partial charge in [0.05, 0.1) is 6.54 Å². The zero-order valence-corrected chi connectivity index (χ0v) is 12.4. The summed E-state index contributed by atoms with van der Waals surface area (Å²) in [7, 11) is 0. The molecule has 0 rings (SSSR count). The van der Waals surface area contributed by atoms with Crippen LogP contribution in [0.1, 0.15) is 41.5 Å². The van der Waals surface area contributed by atoms with E-state index < -0.39 is 12.7 Å². The van der Waals surface area contributed by atoms with Crippen molar-refractivity contribution in [3.63, 3.8) is 0 Å². The van der Waals surface area contributed by atoms with E-state index in [0.29, 0.717) is 6.54 Å². The smallest absolute Gasteiger partial charge is 0.314 e. The molecule has 0 heterocycles. The highest BCUT2D eigenvalue weighted by Crippen LogP contribution is 2.26. The second-order valence-electron chi connectivity index (χ2n) is 5.88. The molecule has 0 aromatic rings. The van der Waals surface area contributed by atoms with E-state index in [1.165, 1.54) is 4.90 Å². The lowest BCUT2D eigenvalue weighted by Crippen LogP contribution is -2.50. The van der Waals surface area contributed by atoms with E-state index in [-0.39, 0.29) is 17.5 Å². The van der Waals surface area contributed by atoms with E-state index in [1.54, 1.807) is 13.8 Å². The SMILES string of the molecule is CCNC(C)C(C)(C)CN(CC(F)(F)F)C(C)C. The van der Waals surface area contributed by atoms with Gasteiger partial charge in [-0.2, -0.15) is 13.2 Å². The van der Waals surface area contributed by atoms with Crippen LogP contribution < -0.4 is 5.32 Å². The molecule has 0 bridgehead atoms. The summed E-state index contributed by atoms with van der Waals surface area (Å²) in [4.78, 5) is 1.49. The predicted octanol–water partition coefficient (Wildman–Crippen LogP) is 3.28. The maximum Gasteiger partial charge on any atom is 0.401 e. The monoisotopic (exact) mass is 268 g/mol. The number of hydrogen-bond acceptors (Lipinski definition) is 2. The number of alkyl halides is 3. The van der Waals surface area contributed by atoms with Crippen LogP contribution in [-0.2, 0) is 0 Å². The molecular formula is C13H27F3N2. The molecule has 0 saturated carbocycles. The van der Waals surface area contributed by atoms with Crippen molar-refractivity contribution in [1.82, 2.24) is 10.2 Å². The lowest BCUT2D eigenvalue weighted by Gasteiger charge is -2.39. The van der Waals surface area contributed by atoms with Crippen molar-refractivity contribution >= 4 is 0 Å². The largest absolute Gasteiger partial charge is 0.401 e. The summed E-state index contributed by atoms with van der Waals surface area (Å²) in [5, 5.41) is 3.28. The molecule has 0 aromatic carbocycles. The first-order valence-corrected chi connectivity index (χ1v) is 6.53. The van der Waals surface area contributed by atoms with Crippen molar-refractivity contribution in [2.45, 2.75) is 59.8 Å². The minimum absolute atomic E-state index is 0.111. The second-order valence-corrected chi connectivity index (χ2v) is 5.88. The van der Waals surface area contributed by atoms with Crippen molar-refractivity contribution in [2.24, 2.45) is 5.41 Å². The van der Waals surface area contributed by atoms with E-state index in [1.807, 2.05) is 27.7 Å². The highest BCUT2D eigenvalue weighted by Gasteiger charge is 2.35. The van der Waals surface area contributed by atoms with Crippen LogP contribution in [0.4, 0.5) is 13.2 Å². The zero-order chi connectivity index (χ0) is 14.6. The predicted molar refractivity (Wildman–Crippen MR) is 69.7 cm³/mol. The molecule has 0 saturated heterocycles. The van der Waals surface area contributed by atoms with Gasteiger partial charge in [-0.05, 0) is 32.7 Å². The molecule has 2 nitrogen and oxygen atoms in total. The molecular weight excluding hydrogens is 241 g/mol. The molecule has 0 radical (unpaired) electrons. The van der Waals surface area contributed by atoms with Gasteiger partial charge in [0.15, 0.2) is 0 Å². The van der Waals surface area contributed by atoms with Crippen molar-refractivity contribution in [3.05, 3.63) is 0 Å². The van der Waals surface area contributed by atoms with Gasteiger partial charge in [0.25, 0.3) is 0 Å². The lowest BCUT2D eigenvalue weighted by molar-refractivity contribution is -0.153. The average molecular weight is 268 g/mol. The molecule has 18 heavy (non-hydrogen) atoms. The first-order valence-electron chi connectivity index (χ1n) is 6.53. The summed E-state index contributed by atoms with van der Waals surface area (Å²) in [6.45, 7) is 12.1. The second kappa shape index (κ2) is 6.75. The van der Waals surface area contributed by atoms with Gasteiger partial charge in [-0.3, -0.25) is 4.90 Å². The Morgan fingerprint density at radius 2 is 1.56 bits per heavy atom. The van der Waals surface area contributed by atoms with Gasteiger partial charge >= 0.3 is 6.18 Å².